The van der Waals surface area contributed by atoms with Crippen molar-refractivity contribution in [1.82, 2.24) is 25.1 Å². The highest BCUT2D eigenvalue weighted by molar-refractivity contribution is 6.43. The molecule has 4 rings (SSSR count). The van der Waals surface area contributed by atoms with Gasteiger partial charge >= 0.3 is 0 Å². The Labute approximate surface area is 202 Å². The lowest BCUT2D eigenvalue weighted by molar-refractivity contribution is 0.0660. The Balaban J connectivity index is 1.77. The van der Waals surface area contributed by atoms with Crippen LogP contribution in [0.25, 0.3) is 11.4 Å². The average Bonchev–Trinajstić information content (AvgIpc) is 3.29. The molecule has 0 bridgehead atoms. The molecule has 0 aliphatic heterocycles. The molecule has 1 aliphatic rings. The standard InChI is InChI=1S/C24H26Cl2FN5O/c1-12-9-13(2)20(32(4)24(33)15-5-6-17(27)22(26)21(15)25)11-16-19(10-12)29-14(3)30-23(16)18-7-8-28-31-18/h5-8,12-13,20H,9-11H2,1-4H3,(H,28,31). The molecule has 3 aromatic rings. The Kier molecular flexibility index (Phi) is 6.73. The maximum Gasteiger partial charge on any atom is 0.255 e. The largest absolute Gasteiger partial charge is 0.338 e. The zero-order valence-corrected chi connectivity index (χ0v) is 20.5. The third-order valence-corrected chi connectivity index (χ3v) is 7.29. The fourth-order valence-electron chi connectivity index (χ4n) is 4.81. The quantitative estimate of drug-likeness (QED) is 0.491. The molecule has 6 nitrogen and oxygen atoms in total. The van der Waals surface area contributed by atoms with E-state index < -0.39 is 5.82 Å². The monoisotopic (exact) mass is 489 g/mol. The van der Waals surface area contributed by atoms with Gasteiger partial charge in [0.25, 0.3) is 5.91 Å². The number of aryl methyl sites for hydroxylation is 1. The maximum absolute atomic E-state index is 13.8. The van der Waals surface area contributed by atoms with Gasteiger partial charge in [0.05, 0.1) is 27.0 Å². The van der Waals surface area contributed by atoms with E-state index in [0.717, 1.165) is 35.5 Å². The van der Waals surface area contributed by atoms with Gasteiger partial charge in [-0.15, -0.1) is 0 Å². The van der Waals surface area contributed by atoms with Crippen molar-refractivity contribution in [3.63, 3.8) is 0 Å². The first-order chi connectivity index (χ1) is 15.7. The number of benzene rings is 1. The second-order valence-electron chi connectivity index (χ2n) is 8.95. The molecule has 2 heterocycles. The van der Waals surface area contributed by atoms with Crippen LogP contribution >= 0.6 is 23.2 Å². The Hall–Kier alpha value is -2.51. The van der Waals surface area contributed by atoms with E-state index in [4.69, 9.17) is 33.2 Å². The molecule has 0 fully saturated rings. The summed E-state index contributed by atoms with van der Waals surface area (Å²) in [6, 6.07) is 4.29. The molecule has 3 unspecified atom stereocenters. The van der Waals surface area contributed by atoms with Crippen molar-refractivity contribution < 1.29 is 9.18 Å². The van der Waals surface area contributed by atoms with Crippen LogP contribution in [0.1, 0.15) is 47.7 Å². The van der Waals surface area contributed by atoms with Crippen LogP contribution in [0.15, 0.2) is 24.4 Å². The van der Waals surface area contributed by atoms with Gasteiger partial charge in [-0.25, -0.2) is 14.4 Å². The number of carbonyl (C=O) groups excluding carboxylic acids is 1. The predicted octanol–water partition coefficient (Wildman–Crippen LogP) is 5.52. The van der Waals surface area contributed by atoms with Gasteiger partial charge in [-0.1, -0.05) is 37.0 Å². The number of halogens is 3. The molecule has 1 aromatic carbocycles. The summed E-state index contributed by atoms with van der Waals surface area (Å²) < 4.78 is 13.8. The number of fused-ring (bicyclic) bond motifs is 1. The number of H-pyrrole nitrogens is 1. The van der Waals surface area contributed by atoms with Crippen LogP contribution in [-0.4, -0.2) is 44.1 Å². The van der Waals surface area contributed by atoms with Gasteiger partial charge < -0.3 is 4.90 Å². The highest BCUT2D eigenvalue weighted by Gasteiger charge is 2.33. The van der Waals surface area contributed by atoms with Gasteiger partial charge in [0, 0.05) is 30.5 Å². The summed E-state index contributed by atoms with van der Waals surface area (Å²) >= 11 is 12.2. The smallest absolute Gasteiger partial charge is 0.255 e. The van der Waals surface area contributed by atoms with Crippen molar-refractivity contribution in [2.45, 2.75) is 46.1 Å². The molecule has 174 valence electrons. The van der Waals surface area contributed by atoms with E-state index in [1.165, 1.54) is 12.1 Å². The summed E-state index contributed by atoms with van der Waals surface area (Å²) in [6.45, 7) is 6.24. The van der Waals surface area contributed by atoms with Crippen LogP contribution in [0.2, 0.25) is 10.0 Å². The second kappa shape index (κ2) is 9.39. The molecular weight excluding hydrogens is 464 g/mol. The van der Waals surface area contributed by atoms with Gasteiger partial charge in [0.15, 0.2) is 0 Å². The van der Waals surface area contributed by atoms with Gasteiger partial charge in [-0.3, -0.25) is 9.89 Å². The highest BCUT2D eigenvalue weighted by atomic mass is 35.5. The number of aromatic amines is 1. The third kappa shape index (κ3) is 4.62. The number of hydrogen-bond acceptors (Lipinski definition) is 4. The van der Waals surface area contributed by atoms with E-state index in [1.807, 2.05) is 13.0 Å². The first kappa shape index (κ1) is 23.6. The average molecular weight is 490 g/mol. The zero-order chi connectivity index (χ0) is 23.9. The number of rotatable bonds is 3. The van der Waals surface area contributed by atoms with Crippen LogP contribution in [0.3, 0.4) is 0 Å². The van der Waals surface area contributed by atoms with Gasteiger partial charge in [0.2, 0.25) is 0 Å². The van der Waals surface area contributed by atoms with Crippen LogP contribution in [0.5, 0.6) is 0 Å². The minimum atomic E-state index is -0.653. The lowest BCUT2D eigenvalue weighted by Crippen LogP contribution is -2.44. The van der Waals surface area contributed by atoms with E-state index in [1.54, 1.807) is 18.1 Å². The summed E-state index contributed by atoms with van der Waals surface area (Å²) in [4.78, 5) is 24.6. The van der Waals surface area contributed by atoms with Gasteiger partial charge in [-0.05, 0) is 56.2 Å². The van der Waals surface area contributed by atoms with E-state index in [2.05, 4.69) is 24.0 Å². The molecule has 0 saturated heterocycles. The number of carbonyl (C=O) groups is 1. The number of nitrogens with one attached hydrogen (secondary N) is 1. The molecule has 1 aliphatic carbocycles. The van der Waals surface area contributed by atoms with Gasteiger partial charge in [0.1, 0.15) is 11.6 Å². The molecule has 0 spiro atoms. The highest BCUT2D eigenvalue weighted by Crippen LogP contribution is 2.35. The van der Waals surface area contributed by atoms with Crippen molar-refractivity contribution in [2.75, 3.05) is 7.05 Å². The normalized spacial score (nSPS) is 20.6. The zero-order valence-electron chi connectivity index (χ0n) is 19.0. The minimum absolute atomic E-state index is 0.0714. The van der Waals surface area contributed by atoms with E-state index in [9.17, 15) is 9.18 Å². The van der Waals surface area contributed by atoms with E-state index in [-0.39, 0.29) is 33.5 Å². The SMILES string of the molecule is Cc1nc2c(c(-c3ccn[nH]3)n1)CC(N(C)C(=O)c1ccc(F)c(Cl)c1Cl)C(C)CC(C)C2. The number of hydrogen-bond donors (Lipinski definition) is 1. The molecule has 2 aromatic heterocycles. The molecule has 3 atom stereocenters. The Morgan fingerprint density at radius 1 is 1.15 bits per heavy atom. The van der Waals surface area contributed by atoms with Crippen molar-refractivity contribution in [1.29, 1.82) is 0 Å². The molecule has 1 amide bonds. The lowest BCUT2D eigenvalue weighted by Gasteiger charge is -2.37. The van der Waals surface area contributed by atoms with Gasteiger partial charge in [-0.2, -0.15) is 5.10 Å². The van der Waals surface area contributed by atoms with Crippen LogP contribution in [-0.2, 0) is 12.8 Å². The Morgan fingerprint density at radius 3 is 2.61 bits per heavy atom. The second-order valence-corrected chi connectivity index (χ2v) is 9.70. The van der Waals surface area contributed by atoms with Crippen molar-refractivity contribution in [3.05, 3.63) is 62.9 Å². The van der Waals surface area contributed by atoms with Crippen LogP contribution in [0.4, 0.5) is 4.39 Å². The molecule has 33 heavy (non-hydrogen) atoms. The summed E-state index contributed by atoms with van der Waals surface area (Å²) in [6.07, 6.45) is 4.05. The fourth-order valence-corrected chi connectivity index (χ4v) is 5.21. The lowest BCUT2D eigenvalue weighted by atomic mass is 9.80. The van der Waals surface area contributed by atoms with Crippen molar-refractivity contribution >= 4 is 29.1 Å². The summed E-state index contributed by atoms with van der Waals surface area (Å²) in [5.41, 5.74) is 3.82. The van der Waals surface area contributed by atoms with E-state index in [0.29, 0.717) is 18.2 Å². The molecule has 0 saturated carbocycles. The summed E-state index contributed by atoms with van der Waals surface area (Å²) in [7, 11) is 1.76. The number of likely N-dealkylation sites (N-methyl/N-ethyl adjacent to an activating group) is 1. The van der Waals surface area contributed by atoms with Crippen molar-refractivity contribution in [3.8, 4) is 11.4 Å². The predicted molar refractivity (Wildman–Crippen MR) is 127 cm³/mol. The fraction of sp³-hybridized carbons (Fsp3) is 0.417. The molecular formula is C24H26Cl2FN5O. The topological polar surface area (TPSA) is 74.8 Å². The molecule has 1 N–H and O–H groups in total. The summed E-state index contributed by atoms with van der Waals surface area (Å²) in [5.74, 6) is 0.322. The first-order valence-corrected chi connectivity index (χ1v) is 11.7. The Morgan fingerprint density at radius 2 is 1.91 bits per heavy atom. The number of aromatic nitrogens is 4. The summed E-state index contributed by atoms with van der Waals surface area (Å²) in [5, 5.41) is 6.78. The molecule has 0 radical (unpaired) electrons. The first-order valence-electron chi connectivity index (χ1n) is 10.9. The van der Waals surface area contributed by atoms with Crippen molar-refractivity contribution in [2.24, 2.45) is 11.8 Å². The Bertz CT molecular complexity index is 1180. The van der Waals surface area contributed by atoms with Crippen LogP contribution < -0.4 is 0 Å². The van der Waals surface area contributed by atoms with E-state index >= 15 is 0 Å². The maximum atomic E-state index is 13.8. The molecule has 9 heteroatoms. The third-order valence-electron chi connectivity index (χ3n) is 6.43. The minimum Gasteiger partial charge on any atom is -0.338 e. The van der Waals surface area contributed by atoms with Crippen LogP contribution in [0, 0.1) is 24.6 Å². The number of nitrogens with zero attached hydrogens (tertiary/aromatic N) is 4. The number of amides is 1.